The van der Waals surface area contributed by atoms with Crippen molar-refractivity contribution < 1.29 is 9.84 Å². The molecule has 0 amide bonds. The van der Waals surface area contributed by atoms with E-state index in [0.29, 0.717) is 6.61 Å². The fourth-order valence-corrected chi connectivity index (χ4v) is 2.79. The molecule has 4 rings (SSSR count). The molecule has 2 unspecified atom stereocenters. The van der Waals surface area contributed by atoms with Gasteiger partial charge in [0.15, 0.2) is 0 Å². The van der Waals surface area contributed by atoms with Crippen molar-refractivity contribution in [3.05, 3.63) is 60.3 Å². The molecule has 20 heavy (non-hydrogen) atoms. The third-order valence-corrected chi connectivity index (χ3v) is 3.83. The Morgan fingerprint density at radius 3 is 2.85 bits per heavy atom. The van der Waals surface area contributed by atoms with E-state index in [-0.39, 0.29) is 6.04 Å². The minimum absolute atomic E-state index is 0.204. The molecule has 0 saturated carbocycles. The van der Waals surface area contributed by atoms with Crippen LogP contribution in [0.25, 0.3) is 10.9 Å². The topological polar surface area (TPSA) is 47.3 Å². The van der Waals surface area contributed by atoms with Crippen molar-refractivity contribution in [2.75, 3.05) is 6.61 Å². The van der Waals surface area contributed by atoms with Crippen LogP contribution in [-0.4, -0.2) is 21.5 Å². The van der Waals surface area contributed by atoms with Gasteiger partial charge in [-0.05, 0) is 12.1 Å². The van der Waals surface area contributed by atoms with Gasteiger partial charge in [0.25, 0.3) is 0 Å². The Morgan fingerprint density at radius 1 is 1.10 bits per heavy atom. The zero-order chi connectivity index (χ0) is 13.5. The number of nitrogens with zero attached hydrogens (tertiary/aromatic N) is 2. The number of ether oxygens (including phenoxy) is 1. The van der Waals surface area contributed by atoms with Crippen LogP contribution in [0.15, 0.2) is 54.7 Å². The zero-order valence-corrected chi connectivity index (χ0v) is 10.8. The van der Waals surface area contributed by atoms with Crippen LogP contribution in [0.2, 0.25) is 0 Å². The summed E-state index contributed by atoms with van der Waals surface area (Å²) in [4.78, 5) is 0. The summed E-state index contributed by atoms with van der Waals surface area (Å²) >= 11 is 0. The van der Waals surface area contributed by atoms with Crippen LogP contribution in [0, 0.1) is 0 Å². The number of benzene rings is 2. The van der Waals surface area contributed by atoms with Crippen molar-refractivity contribution in [2.45, 2.75) is 12.1 Å². The number of rotatable bonds is 1. The zero-order valence-electron chi connectivity index (χ0n) is 10.8. The third-order valence-electron chi connectivity index (χ3n) is 3.83. The maximum Gasteiger partial charge on any atom is 0.125 e. The van der Waals surface area contributed by atoms with Crippen molar-refractivity contribution in [3.63, 3.8) is 0 Å². The number of aromatic nitrogens is 2. The third kappa shape index (κ3) is 1.62. The first-order valence-electron chi connectivity index (χ1n) is 6.66. The van der Waals surface area contributed by atoms with Crippen LogP contribution in [0.5, 0.6) is 5.75 Å². The lowest BCUT2D eigenvalue weighted by molar-refractivity contribution is 0.0531. The lowest BCUT2D eigenvalue weighted by Gasteiger charge is -2.30. The summed E-state index contributed by atoms with van der Waals surface area (Å²) in [6.07, 6.45) is 1.21. The SMILES string of the molecule is OC1c2ccccc2OCC1n1ncc2ccccc21. The van der Waals surface area contributed by atoms with E-state index in [1.54, 1.807) is 0 Å². The molecule has 1 aromatic heterocycles. The van der Waals surface area contributed by atoms with Gasteiger partial charge in [-0.1, -0.05) is 36.4 Å². The van der Waals surface area contributed by atoms with Crippen molar-refractivity contribution in [3.8, 4) is 5.75 Å². The van der Waals surface area contributed by atoms with E-state index in [0.717, 1.165) is 22.2 Å². The second kappa shape index (κ2) is 4.35. The Morgan fingerprint density at radius 2 is 1.90 bits per heavy atom. The molecule has 3 aromatic rings. The molecule has 1 aliphatic heterocycles. The predicted octanol–water partition coefficient (Wildman–Crippen LogP) is 2.70. The van der Waals surface area contributed by atoms with E-state index in [9.17, 15) is 5.11 Å². The molecular weight excluding hydrogens is 252 g/mol. The lowest BCUT2D eigenvalue weighted by atomic mass is 9.99. The summed E-state index contributed by atoms with van der Waals surface area (Å²) in [5.74, 6) is 0.757. The minimum Gasteiger partial charge on any atom is -0.491 e. The van der Waals surface area contributed by atoms with E-state index in [1.165, 1.54) is 0 Å². The molecule has 0 bridgehead atoms. The maximum atomic E-state index is 10.6. The highest BCUT2D eigenvalue weighted by molar-refractivity contribution is 5.78. The summed E-state index contributed by atoms with van der Waals surface area (Å²) in [6.45, 7) is 0.420. The first-order valence-corrected chi connectivity index (χ1v) is 6.66. The number of fused-ring (bicyclic) bond motifs is 2. The normalized spacial score (nSPS) is 21.4. The Labute approximate surface area is 116 Å². The highest BCUT2D eigenvalue weighted by atomic mass is 16.5. The van der Waals surface area contributed by atoms with Gasteiger partial charge in [-0.15, -0.1) is 0 Å². The average molecular weight is 266 g/mol. The summed E-state index contributed by atoms with van der Waals surface area (Å²) in [7, 11) is 0. The van der Waals surface area contributed by atoms with Crippen LogP contribution >= 0.6 is 0 Å². The van der Waals surface area contributed by atoms with E-state index in [1.807, 2.05) is 59.4 Å². The predicted molar refractivity (Wildman–Crippen MR) is 75.7 cm³/mol. The van der Waals surface area contributed by atoms with Gasteiger partial charge in [0.05, 0.1) is 11.7 Å². The number of para-hydroxylation sites is 2. The molecular formula is C16H14N2O2. The number of aliphatic hydroxyl groups is 1. The molecule has 2 aromatic carbocycles. The van der Waals surface area contributed by atoms with Crippen LogP contribution in [-0.2, 0) is 0 Å². The molecule has 1 aliphatic rings. The van der Waals surface area contributed by atoms with Gasteiger partial charge < -0.3 is 9.84 Å². The van der Waals surface area contributed by atoms with Gasteiger partial charge in [-0.25, -0.2) is 0 Å². The highest BCUT2D eigenvalue weighted by Crippen LogP contribution is 2.38. The molecule has 0 aliphatic carbocycles. The van der Waals surface area contributed by atoms with Crippen LogP contribution in [0.3, 0.4) is 0 Å². The molecule has 4 nitrogen and oxygen atoms in total. The first-order chi connectivity index (χ1) is 9.84. The lowest BCUT2D eigenvalue weighted by Crippen LogP contribution is -2.29. The Bertz CT molecular complexity index is 766. The van der Waals surface area contributed by atoms with E-state index in [2.05, 4.69) is 5.10 Å². The molecule has 0 spiro atoms. The maximum absolute atomic E-state index is 10.6. The number of hydrogen-bond donors (Lipinski definition) is 1. The van der Waals surface area contributed by atoms with Gasteiger partial charge in [0.1, 0.15) is 24.5 Å². The van der Waals surface area contributed by atoms with Crippen LogP contribution in [0.1, 0.15) is 17.7 Å². The van der Waals surface area contributed by atoms with Crippen molar-refractivity contribution >= 4 is 10.9 Å². The Kier molecular flexibility index (Phi) is 2.50. The Hall–Kier alpha value is -2.33. The molecule has 4 heteroatoms. The second-order valence-electron chi connectivity index (χ2n) is 5.01. The smallest absolute Gasteiger partial charge is 0.125 e. The summed E-state index contributed by atoms with van der Waals surface area (Å²) < 4.78 is 7.62. The molecule has 0 saturated heterocycles. The Balaban J connectivity index is 1.81. The molecule has 1 N–H and O–H groups in total. The standard InChI is InChI=1S/C16H14N2O2/c19-16-12-6-2-4-8-15(12)20-10-14(16)18-13-7-3-1-5-11(13)9-17-18/h1-9,14,16,19H,10H2. The largest absolute Gasteiger partial charge is 0.491 e. The summed E-state index contributed by atoms with van der Waals surface area (Å²) in [6, 6.07) is 15.4. The van der Waals surface area contributed by atoms with Crippen molar-refractivity contribution in [1.29, 1.82) is 0 Å². The van der Waals surface area contributed by atoms with Gasteiger partial charge in [-0.3, -0.25) is 4.68 Å². The van der Waals surface area contributed by atoms with E-state index < -0.39 is 6.10 Å². The fourth-order valence-electron chi connectivity index (χ4n) is 2.79. The van der Waals surface area contributed by atoms with Crippen molar-refractivity contribution in [2.24, 2.45) is 0 Å². The highest BCUT2D eigenvalue weighted by Gasteiger charge is 2.31. The van der Waals surface area contributed by atoms with Crippen molar-refractivity contribution in [1.82, 2.24) is 9.78 Å². The van der Waals surface area contributed by atoms with Gasteiger partial charge in [0, 0.05) is 10.9 Å². The molecule has 0 radical (unpaired) electrons. The molecule has 100 valence electrons. The first kappa shape index (κ1) is 11.5. The van der Waals surface area contributed by atoms with Crippen LogP contribution in [0.4, 0.5) is 0 Å². The second-order valence-corrected chi connectivity index (χ2v) is 5.01. The van der Waals surface area contributed by atoms with E-state index in [4.69, 9.17) is 4.74 Å². The van der Waals surface area contributed by atoms with E-state index >= 15 is 0 Å². The average Bonchev–Trinajstić information content (AvgIpc) is 2.92. The van der Waals surface area contributed by atoms with Crippen LogP contribution < -0.4 is 4.74 Å². The van der Waals surface area contributed by atoms with Gasteiger partial charge in [-0.2, -0.15) is 5.10 Å². The number of hydrogen-bond acceptors (Lipinski definition) is 3. The summed E-state index contributed by atoms with van der Waals surface area (Å²) in [5, 5.41) is 16.1. The number of aliphatic hydroxyl groups excluding tert-OH is 1. The fraction of sp³-hybridized carbons (Fsp3) is 0.188. The monoisotopic (exact) mass is 266 g/mol. The molecule has 2 heterocycles. The van der Waals surface area contributed by atoms with Gasteiger partial charge >= 0.3 is 0 Å². The quantitative estimate of drug-likeness (QED) is 0.736. The summed E-state index contributed by atoms with van der Waals surface area (Å²) in [5.41, 5.74) is 1.84. The molecule has 0 fully saturated rings. The van der Waals surface area contributed by atoms with Gasteiger partial charge in [0.2, 0.25) is 0 Å². The molecule has 2 atom stereocenters. The minimum atomic E-state index is -0.608.